The SMILES string of the molecule is C[C@H]1[C@H](NC(=O)c2csc(-c3ccc(OC(F)(F)F)cc3)n2)C2CCN1CC2. The second kappa shape index (κ2) is 7.36. The predicted octanol–water partition coefficient (Wildman–Crippen LogP) is 3.92. The minimum Gasteiger partial charge on any atom is -0.406 e. The molecular formula is C19H20F3N3O2S. The summed E-state index contributed by atoms with van der Waals surface area (Å²) in [6, 6.07) is 5.90. The number of nitrogens with zero attached hydrogens (tertiary/aromatic N) is 2. The van der Waals surface area contributed by atoms with E-state index in [-0.39, 0.29) is 17.7 Å². The van der Waals surface area contributed by atoms with Gasteiger partial charge in [0.1, 0.15) is 16.5 Å². The first-order valence-corrected chi connectivity index (χ1v) is 10.0. The predicted molar refractivity (Wildman–Crippen MR) is 99.2 cm³/mol. The minimum atomic E-state index is -4.72. The Morgan fingerprint density at radius 1 is 1.25 bits per heavy atom. The Morgan fingerprint density at radius 2 is 1.93 bits per heavy atom. The quantitative estimate of drug-likeness (QED) is 0.829. The Bertz CT molecular complexity index is 843. The number of piperidine rings is 3. The summed E-state index contributed by atoms with van der Waals surface area (Å²) in [5.74, 6) is 0.00969. The first kappa shape index (κ1) is 19.2. The Kier molecular flexibility index (Phi) is 5.05. The number of halogens is 3. The molecule has 2 aromatic rings. The smallest absolute Gasteiger partial charge is 0.406 e. The number of fused-ring (bicyclic) bond motifs is 3. The van der Waals surface area contributed by atoms with Gasteiger partial charge >= 0.3 is 6.36 Å². The zero-order valence-electron chi connectivity index (χ0n) is 15.2. The second-order valence-electron chi connectivity index (χ2n) is 7.22. The van der Waals surface area contributed by atoms with E-state index in [1.807, 2.05) is 0 Å². The molecule has 3 aliphatic rings. The number of rotatable bonds is 4. The Balaban J connectivity index is 1.43. The van der Waals surface area contributed by atoms with Crippen molar-refractivity contribution in [3.05, 3.63) is 35.3 Å². The molecule has 4 heterocycles. The molecule has 0 radical (unpaired) electrons. The van der Waals surface area contributed by atoms with Crippen LogP contribution in [0.3, 0.4) is 0 Å². The molecule has 5 nitrogen and oxygen atoms in total. The van der Waals surface area contributed by atoms with Crippen LogP contribution in [-0.4, -0.2) is 47.3 Å². The van der Waals surface area contributed by atoms with Crippen LogP contribution in [0.2, 0.25) is 0 Å². The highest BCUT2D eigenvalue weighted by molar-refractivity contribution is 7.13. The van der Waals surface area contributed by atoms with E-state index in [9.17, 15) is 18.0 Å². The van der Waals surface area contributed by atoms with Gasteiger partial charge in [-0.2, -0.15) is 0 Å². The summed E-state index contributed by atoms with van der Waals surface area (Å²) in [7, 11) is 0. The first-order chi connectivity index (χ1) is 13.3. The minimum absolute atomic E-state index is 0.124. The summed E-state index contributed by atoms with van der Waals surface area (Å²) in [4.78, 5) is 19.4. The van der Waals surface area contributed by atoms with E-state index in [4.69, 9.17) is 0 Å². The van der Waals surface area contributed by atoms with Crippen molar-refractivity contribution in [2.45, 2.75) is 38.2 Å². The molecule has 0 unspecified atom stereocenters. The van der Waals surface area contributed by atoms with Crippen LogP contribution in [0.4, 0.5) is 13.2 Å². The van der Waals surface area contributed by atoms with E-state index < -0.39 is 6.36 Å². The molecule has 3 aliphatic heterocycles. The van der Waals surface area contributed by atoms with E-state index in [1.54, 1.807) is 5.38 Å². The van der Waals surface area contributed by atoms with Gasteiger partial charge in [0.2, 0.25) is 0 Å². The van der Waals surface area contributed by atoms with E-state index in [1.165, 1.54) is 35.6 Å². The van der Waals surface area contributed by atoms with Gasteiger partial charge < -0.3 is 10.1 Å². The van der Waals surface area contributed by atoms with E-state index in [0.717, 1.165) is 25.9 Å². The van der Waals surface area contributed by atoms with Crippen molar-refractivity contribution < 1.29 is 22.7 Å². The molecule has 9 heteroatoms. The third-order valence-electron chi connectivity index (χ3n) is 5.55. The largest absolute Gasteiger partial charge is 0.573 e. The zero-order chi connectivity index (χ0) is 19.9. The normalized spacial score (nSPS) is 26.9. The highest BCUT2D eigenvalue weighted by Gasteiger charge is 2.40. The topological polar surface area (TPSA) is 54.5 Å². The molecule has 3 saturated heterocycles. The fourth-order valence-corrected chi connectivity index (χ4v) is 4.89. The summed E-state index contributed by atoms with van der Waals surface area (Å²) < 4.78 is 40.6. The molecule has 3 fully saturated rings. The average Bonchev–Trinajstić information content (AvgIpc) is 3.14. The highest BCUT2D eigenvalue weighted by Crippen LogP contribution is 2.33. The van der Waals surface area contributed by atoms with Gasteiger partial charge in [-0.15, -0.1) is 24.5 Å². The van der Waals surface area contributed by atoms with Gasteiger partial charge in [0.15, 0.2) is 0 Å². The van der Waals surface area contributed by atoms with E-state index in [2.05, 4.69) is 26.9 Å². The van der Waals surface area contributed by atoms with Gasteiger partial charge in [-0.25, -0.2) is 4.98 Å². The maximum Gasteiger partial charge on any atom is 0.573 e. The molecule has 1 aromatic heterocycles. The van der Waals surface area contributed by atoms with Gasteiger partial charge in [-0.05, 0) is 63.0 Å². The Hall–Kier alpha value is -2.13. The van der Waals surface area contributed by atoms with Gasteiger partial charge in [-0.3, -0.25) is 9.69 Å². The lowest BCUT2D eigenvalue weighted by atomic mass is 9.79. The summed E-state index contributed by atoms with van der Waals surface area (Å²) in [5, 5.41) is 5.39. The Morgan fingerprint density at radius 3 is 2.54 bits per heavy atom. The molecule has 5 rings (SSSR count). The number of alkyl halides is 3. The number of amides is 1. The van der Waals surface area contributed by atoms with Crippen LogP contribution >= 0.6 is 11.3 Å². The number of ether oxygens (including phenoxy) is 1. The van der Waals surface area contributed by atoms with Crippen molar-refractivity contribution in [3.63, 3.8) is 0 Å². The summed E-state index contributed by atoms with van der Waals surface area (Å²) in [5.41, 5.74) is 0.967. The van der Waals surface area contributed by atoms with Gasteiger partial charge in [-0.1, -0.05) is 0 Å². The number of thiazole rings is 1. The van der Waals surface area contributed by atoms with Crippen LogP contribution in [0.5, 0.6) is 5.75 Å². The molecular weight excluding hydrogens is 391 g/mol. The van der Waals surface area contributed by atoms with Crippen LogP contribution < -0.4 is 10.1 Å². The molecule has 2 bridgehead atoms. The van der Waals surface area contributed by atoms with Crippen LogP contribution in [0.15, 0.2) is 29.6 Å². The summed E-state index contributed by atoms with van der Waals surface area (Å²) in [6.45, 7) is 4.33. The first-order valence-electron chi connectivity index (χ1n) is 9.17. The lowest BCUT2D eigenvalue weighted by molar-refractivity contribution is -0.274. The molecule has 0 aliphatic carbocycles. The van der Waals surface area contributed by atoms with Crippen molar-refractivity contribution in [1.29, 1.82) is 0 Å². The zero-order valence-corrected chi connectivity index (χ0v) is 16.0. The average molecular weight is 411 g/mol. The maximum atomic E-state index is 12.7. The van der Waals surface area contributed by atoms with Crippen LogP contribution in [0, 0.1) is 5.92 Å². The number of aromatic nitrogens is 1. The van der Waals surface area contributed by atoms with Crippen LogP contribution in [0.25, 0.3) is 10.6 Å². The number of carbonyl (C=O) groups excluding carboxylic acids is 1. The standard InChI is InChI=1S/C19H20F3N3O2S/c1-11-16(12-6-8-25(11)9-7-12)24-17(26)15-10-28-18(23-15)13-2-4-14(5-3-13)27-19(20,21)22/h2-5,10-12,16H,6-9H2,1H3,(H,24,26)/t11-,16-/m0/s1. The molecule has 0 spiro atoms. The maximum absolute atomic E-state index is 12.7. The number of hydrogen-bond donors (Lipinski definition) is 1. The van der Waals surface area contributed by atoms with Crippen molar-refractivity contribution in [1.82, 2.24) is 15.2 Å². The third-order valence-corrected chi connectivity index (χ3v) is 6.44. The number of hydrogen-bond acceptors (Lipinski definition) is 5. The van der Waals surface area contributed by atoms with Crippen LogP contribution in [-0.2, 0) is 0 Å². The van der Waals surface area contributed by atoms with E-state index in [0.29, 0.717) is 28.2 Å². The number of nitrogens with one attached hydrogen (secondary N) is 1. The molecule has 0 saturated carbocycles. The Labute approximate surface area is 164 Å². The molecule has 1 amide bonds. The molecule has 1 N–H and O–H groups in total. The van der Waals surface area contributed by atoms with Crippen molar-refractivity contribution in [2.24, 2.45) is 5.92 Å². The van der Waals surface area contributed by atoms with Crippen molar-refractivity contribution >= 4 is 17.2 Å². The van der Waals surface area contributed by atoms with Gasteiger partial charge in [0, 0.05) is 23.0 Å². The molecule has 28 heavy (non-hydrogen) atoms. The molecule has 1 aromatic carbocycles. The van der Waals surface area contributed by atoms with E-state index >= 15 is 0 Å². The summed E-state index contributed by atoms with van der Waals surface area (Å²) >= 11 is 1.28. The van der Waals surface area contributed by atoms with Gasteiger partial charge in [0.05, 0.1) is 0 Å². The van der Waals surface area contributed by atoms with Gasteiger partial charge in [0.25, 0.3) is 5.91 Å². The fourth-order valence-electron chi connectivity index (χ4n) is 4.08. The monoisotopic (exact) mass is 411 g/mol. The molecule has 150 valence electrons. The third kappa shape index (κ3) is 4.00. The van der Waals surface area contributed by atoms with Crippen molar-refractivity contribution in [3.8, 4) is 16.3 Å². The summed E-state index contributed by atoms with van der Waals surface area (Å²) in [6.07, 6.45) is -2.52. The van der Waals surface area contributed by atoms with Crippen LogP contribution in [0.1, 0.15) is 30.3 Å². The highest BCUT2D eigenvalue weighted by atomic mass is 32.1. The lowest BCUT2D eigenvalue weighted by Gasteiger charge is -2.49. The second-order valence-corrected chi connectivity index (χ2v) is 8.08. The fraction of sp³-hybridized carbons (Fsp3) is 0.474. The molecule has 2 atom stereocenters. The lowest BCUT2D eigenvalue weighted by Crippen LogP contribution is -2.62. The number of carbonyl (C=O) groups is 1. The number of benzene rings is 1. The van der Waals surface area contributed by atoms with Crippen molar-refractivity contribution in [2.75, 3.05) is 13.1 Å².